The smallest absolute Gasteiger partial charge is 0.112 e. The number of ether oxygens (including phenoxy) is 1. The third-order valence-electron chi connectivity index (χ3n) is 2.01. The topological polar surface area (TPSA) is 45.0 Å². The average molecular weight is 186 g/mol. The van der Waals surface area contributed by atoms with Crippen LogP contribution in [0.15, 0.2) is 0 Å². The second kappa shape index (κ2) is 4.13. The van der Waals surface area contributed by atoms with E-state index in [2.05, 4.69) is 11.4 Å². The van der Waals surface area contributed by atoms with E-state index in [4.69, 9.17) is 10.00 Å². The van der Waals surface area contributed by atoms with Crippen molar-refractivity contribution in [2.75, 3.05) is 26.0 Å². The second-order valence-corrected chi connectivity index (χ2v) is 4.45. The molecule has 1 aliphatic rings. The number of hydrogen-bond donors (Lipinski definition) is 1. The molecule has 4 heteroatoms. The van der Waals surface area contributed by atoms with Crippen LogP contribution >= 0.6 is 11.8 Å². The first-order chi connectivity index (χ1) is 5.70. The van der Waals surface area contributed by atoms with Crippen LogP contribution in [0.25, 0.3) is 0 Å². The number of hydrogen-bond acceptors (Lipinski definition) is 4. The molecule has 0 aromatic carbocycles. The van der Waals surface area contributed by atoms with E-state index in [1.54, 1.807) is 0 Å². The molecular weight excluding hydrogens is 172 g/mol. The van der Waals surface area contributed by atoms with Crippen molar-refractivity contribution in [3.05, 3.63) is 0 Å². The molecule has 1 fully saturated rings. The Morgan fingerprint density at radius 3 is 2.75 bits per heavy atom. The van der Waals surface area contributed by atoms with Crippen molar-refractivity contribution < 1.29 is 4.74 Å². The fourth-order valence-corrected chi connectivity index (χ4v) is 1.92. The van der Waals surface area contributed by atoms with Crippen LogP contribution in [-0.2, 0) is 4.74 Å². The molecule has 1 rings (SSSR count). The SMILES string of the molecule is CNC(C)(C#N)CSC1COC1. The molecule has 0 radical (unpaired) electrons. The Morgan fingerprint density at radius 1 is 1.75 bits per heavy atom. The number of nitriles is 1. The van der Waals surface area contributed by atoms with Crippen LogP contribution in [0.3, 0.4) is 0 Å². The van der Waals surface area contributed by atoms with Crippen LogP contribution in [0, 0.1) is 11.3 Å². The molecule has 3 nitrogen and oxygen atoms in total. The summed E-state index contributed by atoms with van der Waals surface area (Å²) in [5.74, 6) is 0.827. The number of nitrogens with zero attached hydrogens (tertiary/aromatic N) is 1. The molecular formula is C8H14N2OS. The van der Waals surface area contributed by atoms with Gasteiger partial charge in [-0.05, 0) is 14.0 Å². The van der Waals surface area contributed by atoms with Gasteiger partial charge in [-0.15, -0.1) is 0 Å². The van der Waals surface area contributed by atoms with Gasteiger partial charge < -0.3 is 10.1 Å². The van der Waals surface area contributed by atoms with Gasteiger partial charge in [0.15, 0.2) is 0 Å². The van der Waals surface area contributed by atoms with Crippen LogP contribution in [0.2, 0.25) is 0 Å². The number of rotatable bonds is 4. The van der Waals surface area contributed by atoms with Gasteiger partial charge in [0.1, 0.15) is 5.54 Å². The molecule has 1 unspecified atom stereocenters. The molecule has 0 aliphatic carbocycles. The maximum absolute atomic E-state index is 8.83. The van der Waals surface area contributed by atoms with Crippen molar-refractivity contribution in [1.82, 2.24) is 5.32 Å². The fourth-order valence-electron chi connectivity index (χ4n) is 0.755. The minimum atomic E-state index is -0.389. The highest BCUT2D eigenvalue weighted by Crippen LogP contribution is 2.22. The van der Waals surface area contributed by atoms with Crippen LogP contribution < -0.4 is 5.32 Å². The largest absolute Gasteiger partial charge is 0.379 e. The van der Waals surface area contributed by atoms with Gasteiger partial charge >= 0.3 is 0 Å². The van der Waals surface area contributed by atoms with Gasteiger partial charge in [0, 0.05) is 5.75 Å². The Hall–Kier alpha value is -0.240. The van der Waals surface area contributed by atoms with E-state index in [1.165, 1.54) is 0 Å². The molecule has 0 saturated carbocycles. The summed E-state index contributed by atoms with van der Waals surface area (Å²) in [7, 11) is 1.82. The monoisotopic (exact) mass is 186 g/mol. The zero-order valence-electron chi connectivity index (χ0n) is 7.46. The van der Waals surface area contributed by atoms with E-state index in [1.807, 2.05) is 25.7 Å². The summed E-state index contributed by atoms with van der Waals surface area (Å²) in [6.07, 6.45) is 0. The van der Waals surface area contributed by atoms with Gasteiger partial charge in [-0.25, -0.2) is 0 Å². The molecule has 1 aliphatic heterocycles. The van der Waals surface area contributed by atoms with Crippen molar-refractivity contribution in [3.8, 4) is 6.07 Å². The van der Waals surface area contributed by atoms with Gasteiger partial charge in [-0.2, -0.15) is 17.0 Å². The standard InChI is InChI=1S/C8H14N2OS/c1-8(5-9,10-2)6-12-7-3-11-4-7/h7,10H,3-4,6H2,1-2H3. The lowest BCUT2D eigenvalue weighted by atomic mass is 10.1. The summed E-state index contributed by atoms with van der Waals surface area (Å²) in [5, 5.41) is 12.4. The van der Waals surface area contributed by atoms with E-state index in [0.717, 1.165) is 19.0 Å². The molecule has 12 heavy (non-hydrogen) atoms. The van der Waals surface area contributed by atoms with Crippen molar-refractivity contribution in [3.63, 3.8) is 0 Å². The zero-order chi connectivity index (χ0) is 9.03. The molecule has 0 amide bonds. The lowest BCUT2D eigenvalue weighted by Gasteiger charge is -2.28. The summed E-state index contributed by atoms with van der Waals surface area (Å²) in [4.78, 5) is 0. The maximum atomic E-state index is 8.83. The summed E-state index contributed by atoms with van der Waals surface area (Å²) >= 11 is 1.81. The lowest BCUT2D eigenvalue weighted by Crippen LogP contribution is -2.42. The van der Waals surface area contributed by atoms with E-state index >= 15 is 0 Å². The van der Waals surface area contributed by atoms with Gasteiger partial charge in [-0.3, -0.25) is 0 Å². The van der Waals surface area contributed by atoms with E-state index in [9.17, 15) is 0 Å². The van der Waals surface area contributed by atoms with Gasteiger partial charge in [0.25, 0.3) is 0 Å². The van der Waals surface area contributed by atoms with Crippen LogP contribution in [-0.4, -0.2) is 36.8 Å². The van der Waals surface area contributed by atoms with Crippen LogP contribution in [0.4, 0.5) is 0 Å². The minimum Gasteiger partial charge on any atom is -0.379 e. The normalized spacial score (nSPS) is 22.4. The fraction of sp³-hybridized carbons (Fsp3) is 0.875. The third-order valence-corrected chi connectivity index (χ3v) is 3.50. The minimum absolute atomic E-state index is 0.389. The Bertz CT molecular complexity index is 188. The predicted molar refractivity (Wildman–Crippen MR) is 50.1 cm³/mol. The van der Waals surface area contributed by atoms with Crippen molar-refractivity contribution in [1.29, 1.82) is 5.26 Å². The lowest BCUT2D eigenvalue weighted by molar-refractivity contribution is 0.0454. The van der Waals surface area contributed by atoms with Crippen molar-refractivity contribution in [2.45, 2.75) is 17.7 Å². The van der Waals surface area contributed by atoms with Crippen LogP contribution in [0.1, 0.15) is 6.92 Å². The van der Waals surface area contributed by atoms with Crippen molar-refractivity contribution >= 4 is 11.8 Å². The van der Waals surface area contributed by atoms with E-state index in [-0.39, 0.29) is 5.54 Å². The maximum Gasteiger partial charge on any atom is 0.112 e. The second-order valence-electron chi connectivity index (χ2n) is 3.16. The summed E-state index contributed by atoms with van der Waals surface area (Å²) in [6.45, 7) is 3.60. The van der Waals surface area contributed by atoms with E-state index < -0.39 is 0 Å². The van der Waals surface area contributed by atoms with Crippen molar-refractivity contribution in [2.24, 2.45) is 0 Å². The molecule has 0 bridgehead atoms. The Balaban J connectivity index is 2.23. The predicted octanol–water partition coefficient (Wildman–Crippen LogP) is 0.620. The number of nitrogens with one attached hydrogen (secondary N) is 1. The first-order valence-electron chi connectivity index (χ1n) is 4.00. The van der Waals surface area contributed by atoms with Gasteiger partial charge in [0.2, 0.25) is 0 Å². The molecule has 0 aromatic heterocycles. The molecule has 1 saturated heterocycles. The Labute approximate surface area is 77.5 Å². The first-order valence-corrected chi connectivity index (χ1v) is 5.04. The molecule has 1 atom stereocenters. The highest BCUT2D eigenvalue weighted by molar-refractivity contribution is 8.00. The highest BCUT2D eigenvalue weighted by Gasteiger charge is 2.26. The van der Waals surface area contributed by atoms with Gasteiger partial charge in [-0.1, -0.05) is 0 Å². The summed E-state index contributed by atoms with van der Waals surface area (Å²) in [5.41, 5.74) is -0.389. The number of thioether (sulfide) groups is 1. The van der Waals surface area contributed by atoms with Crippen LogP contribution in [0.5, 0.6) is 0 Å². The average Bonchev–Trinajstić information content (AvgIpc) is 2.01. The third kappa shape index (κ3) is 2.37. The molecule has 0 aromatic rings. The zero-order valence-corrected chi connectivity index (χ0v) is 8.28. The molecule has 1 N–H and O–H groups in total. The summed E-state index contributed by atoms with van der Waals surface area (Å²) in [6, 6.07) is 2.26. The highest BCUT2D eigenvalue weighted by atomic mass is 32.2. The quantitative estimate of drug-likeness (QED) is 0.699. The molecule has 1 heterocycles. The Morgan fingerprint density at radius 2 is 2.42 bits per heavy atom. The Kier molecular flexibility index (Phi) is 3.39. The summed E-state index contributed by atoms with van der Waals surface area (Å²) < 4.78 is 5.04. The van der Waals surface area contributed by atoms with Gasteiger partial charge in [0.05, 0.1) is 24.5 Å². The first kappa shape index (κ1) is 9.85. The molecule has 68 valence electrons. The van der Waals surface area contributed by atoms with E-state index in [0.29, 0.717) is 5.25 Å². The molecule has 0 spiro atoms.